The van der Waals surface area contributed by atoms with Crippen LogP contribution in [0.5, 0.6) is 0 Å². The number of hydrogen-bond acceptors (Lipinski definition) is 6. The Morgan fingerprint density at radius 1 is 1.08 bits per heavy atom. The second-order valence-electron chi connectivity index (χ2n) is 6.63. The molecule has 6 heteroatoms. The normalized spacial score (nSPS) is 15.5. The third-order valence-electron chi connectivity index (χ3n) is 4.83. The van der Waals surface area contributed by atoms with Crippen LogP contribution in [0.1, 0.15) is 19.8 Å². The van der Waals surface area contributed by atoms with E-state index >= 15 is 0 Å². The molecule has 3 heterocycles. The number of piperidine rings is 1. The molecule has 0 unspecified atom stereocenters. The van der Waals surface area contributed by atoms with Crippen LogP contribution in [0.2, 0.25) is 0 Å². The summed E-state index contributed by atoms with van der Waals surface area (Å²) in [6.07, 6.45) is 5.70. The lowest BCUT2D eigenvalue weighted by Crippen LogP contribution is -2.34. The Hall–Kier alpha value is -2.89. The molecule has 1 fully saturated rings. The molecule has 1 aliphatic rings. The van der Waals surface area contributed by atoms with Crippen LogP contribution < -0.4 is 16.0 Å². The van der Waals surface area contributed by atoms with Gasteiger partial charge < -0.3 is 16.0 Å². The largest absolute Gasteiger partial charge is 0.393 e. The number of nitrogens with two attached hydrogens (primary N) is 1. The highest BCUT2D eigenvalue weighted by molar-refractivity contribution is 5.93. The lowest BCUT2D eigenvalue weighted by Gasteiger charge is -2.32. The number of nitrogens with zero attached hydrogens (tertiary/aromatic N) is 4. The molecule has 4 rings (SSSR count). The van der Waals surface area contributed by atoms with Crippen molar-refractivity contribution in [2.24, 2.45) is 5.92 Å². The summed E-state index contributed by atoms with van der Waals surface area (Å²) in [5, 5.41) is 4.41. The fraction of sp³-hybridized carbons (Fsp3) is 0.316. The van der Waals surface area contributed by atoms with E-state index in [0.717, 1.165) is 41.4 Å². The van der Waals surface area contributed by atoms with Crippen molar-refractivity contribution < 1.29 is 0 Å². The molecule has 0 saturated carbocycles. The Morgan fingerprint density at radius 3 is 2.72 bits per heavy atom. The van der Waals surface area contributed by atoms with Crippen LogP contribution >= 0.6 is 0 Å². The van der Waals surface area contributed by atoms with Crippen LogP contribution in [0.25, 0.3) is 10.9 Å². The second kappa shape index (κ2) is 6.55. The number of para-hydroxylation sites is 1. The summed E-state index contributed by atoms with van der Waals surface area (Å²) < 4.78 is 0. The van der Waals surface area contributed by atoms with E-state index in [1.54, 1.807) is 12.5 Å². The summed E-state index contributed by atoms with van der Waals surface area (Å²) >= 11 is 0. The number of hydrogen-bond donors (Lipinski definition) is 2. The number of anilines is 4. The highest BCUT2D eigenvalue weighted by Gasteiger charge is 2.20. The number of benzene rings is 1. The molecule has 2 aromatic heterocycles. The lowest BCUT2D eigenvalue weighted by molar-refractivity contribution is 0.437. The Kier molecular flexibility index (Phi) is 4.09. The van der Waals surface area contributed by atoms with Crippen molar-refractivity contribution in [3.63, 3.8) is 0 Å². The van der Waals surface area contributed by atoms with E-state index in [-0.39, 0.29) is 0 Å². The summed E-state index contributed by atoms with van der Waals surface area (Å²) in [5.74, 6) is 2.21. The number of fused-ring (bicyclic) bond motifs is 1. The average molecular weight is 334 g/mol. The third kappa shape index (κ3) is 3.07. The van der Waals surface area contributed by atoms with Crippen molar-refractivity contribution in [3.8, 4) is 0 Å². The van der Waals surface area contributed by atoms with Gasteiger partial charge in [0.05, 0.1) is 11.2 Å². The zero-order chi connectivity index (χ0) is 17.2. The maximum absolute atomic E-state index is 6.39. The van der Waals surface area contributed by atoms with Gasteiger partial charge in [0.2, 0.25) is 0 Å². The van der Waals surface area contributed by atoms with Gasteiger partial charge in [-0.3, -0.25) is 4.98 Å². The quantitative estimate of drug-likeness (QED) is 0.762. The number of pyridine rings is 1. The zero-order valence-electron chi connectivity index (χ0n) is 14.3. The second-order valence-corrected chi connectivity index (χ2v) is 6.63. The SMILES string of the molecule is CC1CCN(c2ncnc(Nc3cccc4cccnc34)c2N)CC1. The van der Waals surface area contributed by atoms with E-state index in [2.05, 4.69) is 32.1 Å². The van der Waals surface area contributed by atoms with Gasteiger partial charge in [0.1, 0.15) is 12.0 Å². The third-order valence-corrected chi connectivity index (χ3v) is 4.83. The van der Waals surface area contributed by atoms with E-state index in [9.17, 15) is 0 Å². The first-order valence-corrected chi connectivity index (χ1v) is 8.68. The summed E-state index contributed by atoms with van der Waals surface area (Å²) in [4.78, 5) is 15.5. The van der Waals surface area contributed by atoms with Crippen LogP contribution in [0.3, 0.4) is 0 Å². The fourth-order valence-electron chi connectivity index (χ4n) is 3.29. The molecule has 1 aliphatic heterocycles. The predicted octanol–water partition coefficient (Wildman–Crippen LogP) is 3.59. The van der Waals surface area contributed by atoms with Gasteiger partial charge in [-0.15, -0.1) is 0 Å². The molecule has 1 saturated heterocycles. The van der Waals surface area contributed by atoms with Gasteiger partial charge in [-0.1, -0.05) is 25.1 Å². The molecule has 6 nitrogen and oxygen atoms in total. The van der Waals surface area contributed by atoms with E-state index in [4.69, 9.17) is 5.73 Å². The minimum atomic E-state index is 0.588. The van der Waals surface area contributed by atoms with Crippen molar-refractivity contribution in [1.82, 2.24) is 15.0 Å². The maximum Gasteiger partial charge on any atom is 0.159 e. The van der Waals surface area contributed by atoms with Crippen LogP contribution in [0.15, 0.2) is 42.9 Å². The van der Waals surface area contributed by atoms with E-state index in [1.165, 1.54) is 12.8 Å². The molecule has 0 bridgehead atoms. The average Bonchev–Trinajstić information content (AvgIpc) is 2.65. The monoisotopic (exact) mass is 334 g/mol. The fourth-order valence-corrected chi connectivity index (χ4v) is 3.29. The van der Waals surface area contributed by atoms with Crippen LogP contribution in [0.4, 0.5) is 23.0 Å². The molecule has 0 aliphatic carbocycles. The van der Waals surface area contributed by atoms with Gasteiger partial charge in [-0.25, -0.2) is 9.97 Å². The van der Waals surface area contributed by atoms with Gasteiger partial charge in [-0.05, 0) is 30.9 Å². The van der Waals surface area contributed by atoms with E-state index < -0.39 is 0 Å². The van der Waals surface area contributed by atoms with Crippen LogP contribution in [-0.2, 0) is 0 Å². The molecular formula is C19H22N6. The first-order valence-electron chi connectivity index (χ1n) is 8.68. The predicted molar refractivity (Wildman–Crippen MR) is 102 cm³/mol. The van der Waals surface area contributed by atoms with Gasteiger partial charge >= 0.3 is 0 Å². The van der Waals surface area contributed by atoms with Crippen LogP contribution in [0, 0.1) is 5.92 Å². The van der Waals surface area contributed by atoms with E-state index in [0.29, 0.717) is 11.5 Å². The molecule has 1 aromatic carbocycles. The maximum atomic E-state index is 6.39. The number of rotatable bonds is 3. The standard InChI is InChI=1S/C19H22N6/c1-13-7-10-25(11-8-13)19-16(20)18(22-12-23-19)24-15-6-2-4-14-5-3-9-21-17(14)15/h2-6,9,12-13H,7-8,10-11,20H2,1H3,(H,22,23,24). The smallest absolute Gasteiger partial charge is 0.159 e. The van der Waals surface area contributed by atoms with Gasteiger partial charge in [0.15, 0.2) is 11.6 Å². The molecule has 3 aromatic rings. The van der Waals surface area contributed by atoms with Crippen molar-refractivity contribution in [2.45, 2.75) is 19.8 Å². The molecule has 25 heavy (non-hydrogen) atoms. The highest BCUT2D eigenvalue weighted by atomic mass is 15.2. The summed E-state index contributed by atoms with van der Waals surface area (Å²) in [6, 6.07) is 9.99. The number of aromatic nitrogens is 3. The van der Waals surface area contributed by atoms with Crippen molar-refractivity contribution in [1.29, 1.82) is 0 Å². The van der Waals surface area contributed by atoms with Crippen molar-refractivity contribution in [2.75, 3.05) is 29.0 Å². The van der Waals surface area contributed by atoms with Crippen LogP contribution in [-0.4, -0.2) is 28.0 Å². The number of nitrogens with one attached hydrogen (secondary N) is 1. The summed E-state index contributed by atoms with van der Waals surface area (Å²) in [6.45, 7) is 4.26. The summed E-state index contributed by atoms with van der Waals surface area (Å²) in [7, 11) is 0. The molecule has 128 valence electrons. The minimum absolute atomic E-state index is 0.588. The minimum Gasteiger partial charge on any atom is -0.393 e. The highest BCUT2D eigenvalue weighted by Crippen LogP contribution is 2.32. The molecule has 0 spiro atoms. The molecule has 3 N–H and O–H groups in total. The van der Waals surface area contributed by atoms with E-state index in [1.807, 2.05) is 30.3 Å². The Labute approximate surface area is 147 Å². The van der Waals surface area contributed by atoms with Gasteiger partial charge in [0.25, 0.3) is 0 Å². The first kappa shape index (κ1) is 15.6. The molecule has 0 atom stereocenters. The first-order chi connectivity index (χ1) is 12.2. The van der Waals surface area contributed by atoms with Crippen molar-refractivity contribution >= 4 is 33.9 Å². The Bertz CT molecular complexity index is 881. The lowest BCUT2D eigenvalue weighted by atomic mass is 9.99. The molecular weight excluding hydrogens is 312 g/mol. The molecule has 0 radical (unpaired) electrons. The van der Waals surface area contributed by atoms with Gasteiger partial charge in [-0.2, -0.15) is 0 Å². The molecule has 0 amide bonds. The Morgan fingerprint density at radius 2 is 1.88 bits per heavy atom. The number of nitrogen functional groups attached to an aromatic ring is 1. The van der Waals surface area contributed by atoms with Crippen molar-refractivity contribution in [3.05, 3.63) is 42.9 Å². The Balaban J connectivity index is 1.66. The zero-order valence-corrected chi connectivity index (χ0v) is 14.3. The topological polar surface area (TPSA) is 80.0 Å². The van der Waals surface area contributed by atoms with Gasteiger partial charge in [0, 0.05) is 24.7 Å². The summed E-state index contributed by atoms with van der Waals surface area (Å²) in [5.41, 5.74) is 8.77.